The van der Waals surface area contributed by atoms with E-state index in [1.807, 2.05) is 0 Å². The van der Waals surface area contributed by atoms with Gasteiger partial charge in [0, 0.05) is 32.6 Å². The lowest BCUT2D eigenvalue weighted by Crippen LogP contribution is -2.41. The van der Waals surface area contributed by atoms with Gasteiger partial charge in [0.15, 0.2) is 11.9 Å². The fourth-order valence-corrected chi connectivity index (χ4v) is 3.78. The zero-order chi connectivity index (χ0) is 23.9. The van der Waals surface area contributed by atoms with Crippen LogP contribution in [0.2, 0.25) is 0 Å². The van der Waals surface area contributed by atoms with Gasteiger partial charge in [-0.3, -0.25) is 19.1 Å². The third-order valence-corrected chi connectivity index (χ3v) is 5.46. The Morgan fingerprint density at radius 2 is 2.09 bits per heavy atom. The van der Waals surface area contributed by atoms with Crippen molar-refractivity contribution in [2.24, 2.45) is 0 Å². The molecule has 0 saturated heterocycles. The molecule has 0 radical (unpaired) electrons. The summed E-state index contributed by atoms with van der Waals surface area (Å²) < 4.78 is 29.3. The smallest absolute Gasteiger partial charge is 0.322 e. The first-order chi connectivity index (χ1) is 15.7. The predicted molar refractivity (Wildman–Crippen MR) is 109 cm³/mol. The van der Waals surface area contributed by atoms with Gasteiger partial charge in [-0.2, -0.15) is 5.10 Å². The maximum absolute atomic E-state index is 14.3. The quantitative estimate of drug-likeness (QED) is 0.660. The van der Waals surface area contributed by atoms with E-state index in [4.69, 9.17) is 11.4 Å². The van der Waals surface area contributed by atoms with Gasteiger partial charge in [0.05, 0.1) is 31.0 Å². The number of amides is 4. The summed E-state index contributed by atoms with van der Waals surface area (Å²) in [5.74, 6) is -3.13. The number of hydrogen-bond donors (Lipinski definition) is 2. The molecule has 13 heteroatoms. The largest absolute Gasteiger partial charge is 0.357 e. The van der Waals surface area contributed by atoms with E-state index < -0.39 is 41.3 Å². The Morgan fingerprint density at radius 3 is 2.79 bits per heavy atom. The normalized spacial score (nSPS) is 17.5. The second kappa shape index (κ2) is 8.47. The van der Waals surface area contributed by atoms with E-state index >= 15 is 0 Å². The highest BCUT2D eigenvalue weighted by Gasteiger charge is 2.37. The monoisotopic (exact) mass is 459 g/mol. The highest BCUT2D eigenvalue weighted by Crippen LogP contribution is 2.30. The number of halogens is 2. The van der Waals surface area contributed by atoms with Crippen molar-refractivity contribution in [1.29, 1.82) is 0 Å². The van der Waals surface area contributed by atoms with Crippen molar-refractivity contribution in [1.82, 2.24) is 25.1 Å². The first-order valence-electron chi connectivity index (χ1n) is 9.91. The summed E-state index contributed by atoms with van der Waals surface area (Å²) in [5.41, 5.74) is 0.159. The number of nitrogens with one attached hydrogen (secondary N) is 2. The number of fused-ring (bicyclic) bond motifs is 3. The van der Waals surface area contributed by atoms with Crippen LogP contribution in [-0.2, 0) is 29.1 Å². The van der Waals surface area contributed by atoms with Crippen molar-refractivity contribution in [2.45, 2.75) is 25.6 Å². The Labute approximate surface area is 186 Å². The molecule has 2 aromatic rings. The molecule has 1 atom stereocenters. The van der Waals surface area contributed by atoms with Crippen LogP contribution < -0.4 is 10.6 Å². The van der Waals surface area contributed by atoms with E-state index in [1.54, 1.807) is 0 Å². The highest BCUT2D eigenvalue weighted by molar-refractivity contribution is 5.95. The summed E-state index contributed by atoms with van der Waals surface area (Å²) >= 11 is 0. The maximum Gasteiger partial charge on any atom is 0.322 e. The molecule has 2 aliphatic heterocycles. The molecule has 0 saturated carbocycles. The number of carbonyl (C=O) groups excluding carboxylic acids is 3. The Kier molecular flexibility index (Phi) is 5.69. The van der Waals surface area contributed by atoms with E-state index in [-0.39, 0.29) is 31.0 Å². The minimum Gasteiger partial charge on any atom is -0.357 e. The maximum atomic E-state index is 14.3. The number of likely N-dealkylation sites (N-methyl/N-ethyl adjacent to an activating group) is 1. The molecule has 2 N–H and O–H groups in total. The van der Waals surface area contributed by atoms with Gasteiger partial charge in [-0.15, -0.1) is 0 Å². The lowest BCUT2D eigenvalue weighted by Gasteiger charge is -2.27. The summed E-state index contributed by atoms with van der Waals surface area (Å²) in [6, 6.07) is 1.25. The Balaban J connectivity index is 1.59. The molecule has 33 heavy (non-hydrogen) atoms. The number of anilines is 1. The Morgan fingerprint density at radius 1 is 1.33 bits per heavy atom. The Bertz CT molecular complexity index is 1210. The highest BCUT2D eigenvalue weighted by atomic mass is 19.1. The average Bonchev–Trinajstić information content (AvgIpc) is 3.10. The van der Waals surface area contributed by atoms with Crippen LogP contribution in [0.5, 0.6) is 0 Å². The van der Waals surface area contributed by atoms with Gasteiger partial charge in [-0.1, -0.05) is 0 Å². The molecule has 0 fully saturated rings. The summed E-state index contributed by atoms with van der Waals surface area (Å²) in [4.78, 5) is 47.4. The molecule has 0 aliphatic carbocycles. The number of carbonyl (C=O) groups is 3. The zero-order valence-electron chi connectivity index (χ0n) is 17.7. The number of rotatable bonds is 2. The van der Waals surface area contributed by atoms with Gasteiger partial charge in [-0.05, 0) is 12.1 Å². The van der Waals surface area contributed by atoms with Crippen LogP contribution in [-0.4, -0.2) is 64.3 Å². The second-order valence-electron chi connectivity index (χ2n) is 7.44. The van der Waals surface area contributed by atoms with E-state index in [1.165, 1.54) is 23.7 Å². The zero-order valence-corrected chi connectivity index (χ0v) is 17.7. The SMILES string of the molecule is [C-]#[N+]c1c(F)ccc(NC(=O)N2CCc3nn4c(c3C2)C(=O)N(C)OC(C(=O)NC)C4)c1F. The molecule has 0 spiro atoms. The molecule has 4 amide bonds. The van der Waals surface area contributed by atoms with Crippen LogP contribution in [0.25, 0.3) is 4.85 Å². The van der Waals surface area contributed by atoms with Crippen molar-refractivity contribution in [3.8, 4) is 0 Å². The molecule has 0 bridgehead atoms. The molecule has 1 aromatic carbocycles. The van der Waals surface area contributed by atoms with Gasteiger partial charge in [0.25, 0.3) is 17.5 Å². The van der Waals surface area contributed by atoms with Crippen LogP contribution in [0, 0.1) is 18.2 Å². The van der Waals surface area contributed by atoms with Crippen LogP contribution >= 0.6 is 0 Å². The number of hydrogen-bond acceptors (Lipinski definition) is 5. The van der Waals surface area contributed by atoms with E-state index in [0.717, 1.165) is 17.2 Å². The molecular formula is C20H19F2N7O4. The van der Waals surface area contributed by atoms with Crippen LogP contribution in [0.4, 0.5) is 25.0 Å². The van der Waals surface area contributed by atoms with Crippen molar-refractivity contribution in [3.05, 3.63) is 52.1 Å². The lowest BCUT2D eigenvalue weighted by atomic mass is 10.1. The van der Waals surface area contributed by atoms with Gasteiger partial charge in [0.1, 0.15) is 11.5 Å². The molecule has 1 unspecified atom stereocenters. The third-order valence-electron chi connectivity index (χ3n) is 5.46. The van der Waals surface area contributed by atoms with Crippen molar-refractivity contribution >= 4 is 29.2 Å². The summed E-state index contributed by atoms with van der Waals surface area (Å²) in [6.45, 7) is 7.13. The van der Waals surface area contributed by atoms with Crippen LogP contribution in [0.15, 0.2) is 12.1 Å². The van der Waals surface area contributed by atoms with Gasteiger partial charge < -0.3 is 15.5 Å². The fourth-order valence-electron chi connectivity index (χ4n) is 3.78. The molecule has 11 nitrogen and oxygen atoms in total. The van der Waals surface area contributed by atoms with Gasteiger partial charge in [-0.25, -0.2) is 23.5 Å². The predicted octanol–water partition coefficient (Wildman–Crippen LogP) is 1.43. The molecule has 4 rings (SSSR count). The number of hydroxylamine groups is 2. The first kappa shape index (κ1) is 22.2. The first-order valence-corrected chi connectivity index (χ1v) is 9.91. The molecule has 172 valence electrons. The minimum atomic E-state index is -1.16. The fraction of sp³-hybridized carbons (Fsp3) is 0.350. The standard InChI is InChI=1S/C20H19F2N7O4/c1-23-16-11(21)4-5-13(15(16)22)25-20(32)28-7-6-12-10(8-28)17-19(31)27(3)33-14(18(30)24-2)9-29(17)26-12/h4-5,14H,6-9H2,2-3H3,(H,24,30)(H,25,32). The summed E-state index contributed by atoms with van der Waals surface area (Å²) in [6.07, 6.45) is -0.645. The van der Waals surface area contributed by atoms with Crippen molar-refractivity contribution in [2.75, 3.05) is 26.0 Å². The number of aromatic nitrogens is 2. The van der Waals surface area contributed by atoms with E-state index in [9.17, 15) is 23.2 Å². The molecular weight excluding hydrogens is 440 g/mol. The van der Waals surface area contributed by atoms with Crippen molar-refractivity contribution in [3.63, 3.8) is 0 Å². The summed E-state index contributed by atoms with van der Waals surface area (Å²) in [5, 5.41) is 10.2. The minimum absolute atomic E-state index is 0.000783. The van der Waals surface area contributed by atoms with Gasteiger partial charge in [0.2, 0.25) is 0 Å². The van der Waals surface area contributed by atoms with Crippen LogP contribution in [0.1, 0.15) is 21.7 Å². The van der Waals surface area contributed by atoms with Crippen LogP contribution in [0.3, 0.4) is 0 Å². The second-order valence-corrected chi connectivity index (χ2v) is 7.44. The van der Waals surface area contributed by atoms with E-state index in [0.29, 0.717) is 17.7 Å². The van der Waals surface area contributed by atoms with Crippen molar-refractivity contribution < 1.29 is 28.0 Å². The van der Waals surface area contributed by atoms with Gasteiger partial charge >= 0.3 is 6.03 Å². The van der Waals surface area contributed by atoms with E-state index in [2.05, 4.69) is 20.6 Å². The molecule has 2 aliphatic rings. The molecule has 3 heterocycles. The Hall–Kier alpha value is -4.05. The average molecular weight is 459 g/mol. The number of urea groups is 1. The summed E-state index contributed by atoms with van der Waals surface area (Å²) in [7, 11) is 2.84. The number of nitrogens with zero attached hydrogens (tertiary/aromatic N) is 5. The lowest BCUT2D eigenvalue weighted by molar-refractivity contribution is -0.168. The third kappa shape index (κ3) is 3.85. The topological polar surface area (TPSA) is 113 Å². The number of benzene rings is 1. The molecule has 1 aromatic heterocycles.